The number of hydrogen-bond acceptors (Lipinski definition) is 3. The van der Waals surface area contributed by atoms with Gasteiger partial charge in [-0.05, 0) is 17.5 Å². The van der Waals surface area contributed by atoms with Crippen LogP contribution in [0.1, 0.15) is 43.5 Å². The SMILES string of the molecule is C=CCn1c(CC2CCCCC2)nnc1SCc1ccccc1F. The second-order valence-electron chi connectivity index (χ2n) is 6.39. The summed E-state index contributed by atoms with van der Waals surface area (Å²) in [6, 6.07) is 6.90. The van der Waals surface area contributed by atoms with Crippen molar-refractivity contribution in [1.29, 1.82) is 0 Å². The van der Waals surface area contributed by atoms with Crippen molar-refractivity contribution >= 4 is 11.8 Å². The highest BCUT2D eigenvalue weighted by molar-refractivity contribution is 7.98. The van der Waals surface area contributed by atoms with Crippen LogP contribution in [0, 0.1) is 11.7 Å². The smallest absolute Gasteiger partial charge is 0.191 e. The van der Waals surface area contributed by atoms with Crippen molar-refractivity contribution in [3.63, 3.8) is 0 Å². The van der Waals surface area contributed by atoms with Crippen LogP contribution in [-0.4, -0.2) is 14.8 Å². The first-order valence-electron chi connectivity index (χ1n) is 8.67. The van der Waals surface area contributed by atoms with Crippen LogP contribution in [0.3, 0.4) is 0 Å². The lowest BCUT2D eigenvalue weighted by molar-refractivity contribution is 0.347. The van der Waals surface area contributed by atoms with Gasteiger partial charge < -0.3 is 4.57 Å². The molecular weight excluding hydrogens is 321 g/mol. The van der Waals surface area contributed by atoms with Gasteiger partial charge in [0.05, 0.1) is 0 Å². The molecule has 0 N–H and O–H groups in total. The van der Waals surface area contributed by atoms with Crippen molar-refractivity contribution in [2.45, 2.75) is 56.0 Å². The fourth-order valence-electron chi connectivity index (χ4n) is 3.30. The van der Waals surface area contributed by atoms with Crippen LogP contribution in [0.2, 0.25) is 0 Å². The molecule has 0 aliphatic heterocycles. The molecule has 0 radical (unpaired) electrons. The van der Waals surface area contributed by atoms with Crippen LogP contribution >= 0.6 is 11.8 Å². The van der Waals surface area contributed by atoms with Gasteiger partial charge in [-0.1, -0.05) is 68.1 Å². The summed E-state index contributed by atoms with van der Waals surface area (Å²) in [5.41, 5.74) is 0.699. The average Bonchev–Trinajstić information content (AvgIpc) is 2.97. The molecule has 1 aromatic heterocycles. The normalized spacial score (nSPS) is 15.5. The zero-order chi connectivity index (χ0) is 16.8. The summed E-state index contributed by atoms with van der Waals surface area (Å²) >= 11 is 1.54. The lowest BCUT2D eigenvalue weighted by Gasteiger charge is -2.21. The first kappa shape index (κ1) is 17.2. The maximum Gasteiger partial charge on any atom is 0.191 e. The molecule has 128 valence electrons. The molecule has 3 rings (SSSR count). The fourth-order valence-corrected chi connectivity index (χ4v) is 4.25. The van der Waals surface area contributed by atoms with E-state index in [9.17, 15) is 4.39 Å². The second kappa shape index (κ2) is 8.47. The van der Waals surface area contributed by atoms with Gasteiger partial charge in [0.1, 0.15) is 11.6 Å². The Kier molecular flexibility index (Phi) is 6.07. The third-order valence-electron chi connectivity index (χ3n) is 4.62. The van der Waals surface area contributed by atoms with E-state index in [0.717, 1.165) is 23.3 Å². The van der Waals surface area contributed by atoms with Crippen molar-refractivity contribution in [1.82, 2.24) is 14.8 Å². The topological polar surface area (TPSA) is 30.7 Å². The van der Waals surface area contributed by atoms with Crippen LogP contribution in [0.25, 0.3) is 0 Å². The van der Waals surface area contributed by atoms with E-state index >= 15 is 0 Å². The largest absolute Gasteiger partial charge is 0.302 e. The summed E-state index contributed by atoms with van der Waals surface area (Å²) in [6.45, 7) is 4.55. The predicted molar refractivity (Wildman–Crippen MR) is 96.5 cm³/mol. The average molecular weight is 345 g/mol. The molecule has 5 heteroatoms. The first-order valence-corrected chi connectivity index (χ1v) is 9.65. The minimum absolute atomic E-state index is 0.165. The monoisotopic (exact) mass is 345 g/mol. The highest BCUT2D eigenvalue weighted by atomic mass is 32.2. The molecular formula is C19H24FN3S. The van der Waals surface area contributed by atoms with Gasteiger partial charge in [-0.2, -0.15) is 0 Å². The number of nitrogens with zero attached hydrogens (tertiary/aromatic N) is 3. The first-order chi connectivity index (χ1) is 11.8. The molecule has 1 saturated carbocycles. The number of benzene rings is 1. The van der Waals surface area contributed by atoms with E-state index in [-0.39, 0.29) is 5.82 Å². The quantitative estimate of drug-likeness (QED) is 0.521. The van der Waals surface area contributed by atoms with Gasteiger partial charge in [-0.3, -0.25) is 0 Å². The molecule has 0 atom stereocenters. The van der Waals surface area contributed by atoms with Gasteiger partial charge >= 0.3 is 0 Å². The van der Waals surface area contributed by atoms with Crippen LogP contribution in [0.4, 0.5) is 4.39 Å². The van der Waals surface area contributed by atoms with Crippen molar-refractivity contribution in [2.24, 2.45) is 5.92 Å². The summed E-state index contributed by atoms with van der Waals surface area (Å²) < 4.78 is 15.9. The number of halogens is 1. The molecule has 1 heterocycles. The third-order valence-corrected chi connectivity index (χ3v) is 5.63. The molecule has 2 aromatic rings. The molecule has 1 aliphatic carbocycles. The van der Waals surface area contributed by atoms with Crippen molar-refractivity contribution in [3.05, 3.63) is 54.1 Å². The highest BCUT2D eigenvalue weighted by Crippen LogP contribution is 2.28. The molecule has 1 aliphatic rings. The third kappa shape index (κ3) is 4.26. The lowest BCUT2D eigenvalue weighted by atomic mass is 9.87. The standard InChI is InChI=1S/C19H24FN3S/c1-2-12-23-18(13-15-8-4-3-5-9-15)21-22-19(23)24-14-16-10-6-7-11-17(16)20/h2,6-7,10-11,15H,1,3-5,8-9,12-14H2. The minimum Gasteiger partial charge on any atom is -0.302 e. The summed E-state index contributed by atoms with van der Waals surface area (Å²) in [6.07, 6.45) is 9.46. The van der Waals surface area contributed by atoms with Crippen LogP contribution in [-0.2, 0) is 18.7 Å². The number of aromatic nitrogens is 3. The molecule has 0 unspecified atom stereocenters. The molecule has 0 bridgehead atoms. The van der Waals surface area contributed by atoms with Crippen molar-refractivity contribution in [3.8, 4) is 0 Å². The van der Waals surface area contributed by atoms with Gasteiger partial charge in [0.15, 0.2) is 5.16 Å². The van der Waals surface area contributed by atoms with Gasteiger partial charge in [0.25, 0.3) is 0 Å². The van der Waals surface area contributed by atoms with E-state index in [4.69, 9.17) is 0 Å². The van der Waals surface area contributed by atoms with E-state index in [1.807, 2.05) is 18.2 Å². The Hall–Kier alpha value is -1.62. The molecule has 0 saturated heterocycles. The Morgan fingerprint density at radius 1 is 1.21 bits per heavy atom. The number of rotatable bonds is 7. The summed E-state index contributed by atoms with van der Waals surface area (Å²) in [5.74, 6) is 2.15. The maximum absolute atomic E-state index is 13.8. The van der Waals surface area contributed by atoms with Gasteiger partial charge in [-0.15, -0.1) is 16.8 Å². The van der Waals surface area contributed by atoms with Gasteiger partial charge in [0.2, 0.25) is 0 Å². The number of hydrogen-bond donors (Lipinski definition) is 0. The molecule has 0 spiro atoms. The zero-order valence-corrected chi connectivity index (χ0v) is 14.8. The summed E-state index contributed by atoms with van der Waals surface area (Å²) in [4.78, 5) is 0. The van der Waals surface area contributed by atoms with Gasteiger partial charge in [0, 0.05) is 18.7 Å². The fraction of sp³-hybridized carbons (Fsp3) is 0.474. The van der Waals surface area contributed by atoms with E-state index in [0.29, 0.717) is 17.9 Å². The predicted octanol–water partition coefficient (Wildman–Crippen LogP) is 5.02. The Bertz CT molecular complexity index is 677. The Morgan fingerprint density at radius 2 is 2.00 bits per heavy atom. The van der Waals surface area contributed by atoms with Crippen molar-refractivity contribution < 1.29 is 4.39 Å². The molecule has 1 fully saturated rings. The number of thioether (sulfide) groups is 1. The van der Waals surface area contributed by atoms with Crippen LogP contribution in [0.5, 0.6) is 0 Å². The van der Waals surface area contributed by atoms with Crippen LogP contribution in [0.15, 0.2) is 42.1 Å². The maximum atomic E-state index is 13.8. The van der Waals surface area contributed by atoms with Crippen molar-refractivity contribution in [2.75, 3.05) is 0 Å². The Morgan fingerprint density at radius 3 is 2.75 bits per heavy atom. The summed E-state index contributed by atoms with van der Waals surface area (Å²) in [5, 5.41) is 9.62. The molecule has 24 heavy (non-hydrogen) atoms. The molecule has 3 nitrogen and oxygen atoms in total. The second-order valence-corrected chi connectivity index (χ2v) is 7.33. The minimum atomic E-state index is -0.165. The van der Waals surface area contributed by atoms with E-state index in [1.54, 1.807) is 6.07 Å². The Labute approximate surface area is 147 Å². The zero-order valence-electron chi connectivity index (χ0n) is 14.0. The summed E-state index contributed by atoms with van der Waals surface area (Å²) in [7, 11) is 0. The molecule has 0 amide bonds. The molecule has 1 aromatic carbocycles. The number of allylic oxidation sites excluding steroid dienone is 1. The van der Waals surface area contributed by atoms with Gasteiger partial charge in [-0.25, -0.2) is 4.39 Å². The van der Waals surface area contributed by atoms with Crippen LogP contribution < -0.4 is 0 Å². The van der Waals surface area contributed by atoms with E-state index in [2.05, 4.69) is 21.3 Å². The lowest BCUT2D eigenvalue weighted by Crippen LogP contribution is -2.13. The Balaban J connectivity index is 1.70. The van der Waals surface area contributed by atoms with E-state index in [1.165, 1.54) is 49.9 Å². The van der Waals surface area contributed by atoms with E-state index < -0.39 is 0 Å². The highest BCUT2D eigenvalue weighted by Gasteiger charge is 2.19.